The number of anilines is 1. The second-order valence-electron chi connectivity index (χ2n) is 6.78. The number of benzene rings is 1. The number of fused-ring (bicyclic) bond motifs is 1. The molecule has 0 aliphatic heterocycles. The van der Waals surface area contributed by atoms with Gasteiger partial charge < -0.3 is 5.32 Å². The highest BCUT2D eigenvalue weighted by Gasteiger charge is 2.18. The molecule has 0 saturated carbocycles. The average Bonchev–Trinajstić information content (AvgIpc) is 3.26. The van der Waals surface area contributed by atoms with Gasteiger partial charge in [0.1, 0.15) is 0 Å². The molecule has 0 saturated heterocycles. The summed E-state index contributed by atoms with van der Waals surface area (Å²) in [6.45, 7) is 0.388. The van der Waals surface area contributed by atoms with E-state index in [0.29, 0.717) is 32.5 Å². The smallest absolute Gasteiger partial charge is 0.256 e. The van der Waals surface area contributed by atoms with Gasteiger partial charge in [-0.25, -0.2) is 18.1 Å². The van der Waals surface area contributed by atoms with Gasteiger partial charge in [-0.15, -0.1) is 11.3 Å². The van der Waals surface area contributed by atoms with Crippen molar-refractivity contribution < 1.29 is 8.42 Å². The van der Waals surface area contributed by atoms with Crippen molar-refractivity contribution in [2.24, 2.45) is 0 Å². The van der Waals surface area contributed by atoms with E-state index in [1.165, 1.54) is 22.0 Å². The van der Waals surface area contributed by atoms with Crippen molar-refractivity contribution in [3.63, 3.8) is 0 Å². The lowest BCUT2D eigenvalue weighted by Crippen LogP contribution is -2.28. The fourth-order valence-corrected chi connectivity index (χ4v) is 4.89. The zero-order valence-corrected chi connectivity index (χ0v) is 19.8. The van der Waals surface area contributed by atoms with Gasteiger partial charge in [0.15, 0.2) is 5.65 Å². The molecule has 0 aliphatic rings. The number of sulfonamides is 1. The normalized spacial score (nSPS) is 11.7. The Morgan fingerprint density at radius 2 is 1.78 bits per heavy atom. The van der Waals surface area contributed by atoms with Gasteiger partial charge in [-0.05, 0) is 29.6 Å². The lowest BCUT2D eigenvalue weighted by molar-refractivity contribution is 0.589. The Hall–Kier alpha value is -2.50. The number of halogens is 2. The van der Waals surface area contributed by atoms with Crippen molar-refractivity contribution in [3.05, 3.63) is 68.2 Å². The second-order valence-corrected chi connectivity index (χ2v) is 10.4. The summed E-state index contributed by atoms with van der Waals surface area (Å²) in [7, 11) is -3.32. The fourth-order valence-electron chi connectivity index (χ4n) is 3.12. The zero-order chi connectivity index (χ0) is 22.9. The summed E-state index contributed by atoms with van der Waals surface area (Å²) in [5.74, 6) is 0.235. The van der Waals surface area contributed by atoms with Crippen LogP contribution in [0.4, 0.5) is 5.95 Å². The van der Waals surface area contributed by atoms with Crippen LogP contribution < -0.4 is 15.6 Å². The largest absolute Gasteiger partial charge is 0.353 e. The molecule has 4 aromatic rings. The van der Waals surface area contributed by atoms with Crippen LogP contribution in [0.1, 0.15) is 0 Å². The molecule has 12 heteroatoms. The lowest BCUT2D eigenvalue weighted by atomic mass is 10.2. The maximum Gasteiger partial charge on any atom is 0.256 e. The standard InChI is InChI=1S/C20H17Cl2N5O3S2/c1-32(29,30)24-10-9-23-20-25-17(15-6-3-11-31-15)12-7-8-16(28)27(19(12)26-20)18-13(21)4-2-5-14(18)22/h2-8,11,24H,9-10H2,1H3,(H,23,25,26). The summed E-state index contributed by atoms with van der Waals surface area (Å²) in [5, 5.41) is 6.18. The summed E-state index contributed by atoms with van der Waals surface area (Å²) >= 11 is 14.3. The predicted octanol–water partition coefficient (Wildman–Crippen LogP) is 3.78. The van der Waals surface area contributed by atoms with Crippen molar-refractivity contribution >= 4 is 61.5 Å². The molecular formula is C20H17Cl2N5O3S2. The van der Waals surface area contributed by atoms with Crippen LogP contribution in [-0.4, -0.2) is 42.3 Å². The van der Waals surface area contributed by atoms with Gasteiger partial charge in [-0.1, -0.05) is 35.3 Å². The highest BCUT2D eigenvalue weighted by Crippen LogP contribution is 2.33. The second kappa shape index (κ2) is 9.16. The summed E-state index contributed by atoms with van der Waals surface area (Å²) in [4.78, 5) is 23.0. The van der Waals surface area contributed by atoms with Crippen molar-refractivity contribution in [2.75, 3.05) is 24.7 Å². The van der Waals surface area contributed by atoms with Crippen molar-refractivity contribution in [1.82, 2.24) is 19.3 Å². The van der Waals surface area contributed by atoms with E-state index in [-0.39, 0.29) is 24.6 Å². The first-order valence-electron chi connectivity index (χ1n) is 9.35. The van der Waals surface area contributed by atoms with Crippen LogP contribution in [0.25, 0.3) is 27.3 Å². The number of nitrogens with one attached hydrogen (secondary N) is 2. The molecule has 3 aromatic heterocycles. The SMILES string of the molecule is CS(=O)(=O)NCCNc1nc(-c2cccs2)c2ccc(=O)n(-c3c(Cl)cccc3Cl)c2n1. The fraction of sp³-hybridized carbons (Fsp3) is 0.150. The van der Waals surface area contributed by atoms with Gasteiger partial charge in [-0.3, -0.25) is 9.36 Å². The number of aromatic nitrogens is 3. The van der Waals surface area contributed by atoms with E-state index < -0.39 is 10.0 Å². The molecule has 0 atom stereocenters. The third-order valence-electron chi connectivity index (χ3n) is 4.44. The molecule has 2 N–H and O–H groups in total. The number of pyridine rings is 1. The van der Waals surface area contributed by atoms with Crippen molar-refractivity contribution in [3.8, 4) is 16.3 Å². The minimum Gasteiger partial charge on any atom is -0.353 e. The van der Waals surface area contributed by atoms with E-state index in [1.54, 1.807) is 24.3 Å². The highest BCUT2D eigenvalue weighted by molar-refractivity contribution is 7.88. The molecule has 0 aliphatic carbocycles. The van der Waals surface area contributed by atoms with Gasteiger partial charge in [-0.2, -0.15) is 4.98 Å². The number of para-hydroxylation sites is 1. The molecule has 8 nitrogen and oxygen atoms in total. The molecule has 0 unspecified atom stereocenters. The van der Waals surface area contributed by atoms with Crippen LogP contribution in [0.5, 0.6) is 0 Å². The number of hydrogen-bond donors (Lipinski definition) is 2. The molecule has 0 bridgehead atoms. The van der Waals surface area contributed by atoms with E-state index in [4.69, 9.17) is 23.2 Å². The molecule has 3 heterocycles. The summed E-state index contributed by atoms with van der Waals surface area (Å²) in [6, 6.07) is 11.9. The Labute approximate surface area is 197 Å². The molecule has 0 spiro atoms. The number of nitrogens with zero attached hydrogens (tertiary/aromatic N) is 3. The summed E-state index contributed by atoms with van der Waals surface area (Å²) in [5.41, 5.74) is 0.921. The quantitative estimate of drug-likeness (QED) is 0.367. The third kappa shape index (κ3) is 4.79. The Morgan fingerprint density at radius 1 is 1.03 bits per heavy atom. The van der Waals surface area contributed by atoms with E-state index in [2.05, 4.69) is 20.0 Å². The van der Waals surface area contributed by atoms with Crippen LogP contribution in [0, 0.1) is 0 Å². The molecule has 4 rings (SSSR count). The van der Waals surface area contributed by atoms with Crippen molar-refractivity contribution in [1.29, 1.82) is 0 Å². The van der Waals surface area contributed by atoms with E-state index in [1.807, 2.05) is 17.5 Å². The van der Waals surface area contributed by atoms with Crippen LogP contribution >= 0.6 is 34.5 Å². The van der Waals surface area contributed by atoms with Gasteiger partial charge in [0, 0.05) is 24.5 Å². The molecule has 0 fully saturated rings. The van der Waals surface area contributed by atoms with Gasteiger partial charge >= 0.3 is 0 Å². The van der Waals surface area contributed by atoms with Gasteiger partial charge in [0.2, 0.25) is 16.0 Å². The maximum absolute atomic E-state index is 12.9. The monoisotopic (exact) mass is 509 g/mol. The first kappa shape index (κ1) is 22.7. The highest BCUT2D eigenvalue weighted by atomic mass is 35.5. The lowest BCUT2D eigenvalue weighted by Gasteiger charge is -2.15. The molecule has 0 amide bonds. The minimum atomic E-state index is -3.32. The third-order valence-corrected chi connectivity index (χ3v) is 6.65. The first-order chi connectivity index (χ1) is 15.2. The topological polar surface area (TPSA) is 106 Å². The van der Waals surface area contributed by atoms with Crippen LogP contribution in [0.2, 0.25) is 10.0 Å². The summed E-state index contributed by atoms with van der Waals surface area (Å²) in [6.07, 6.45) is 1.08. The zero-order valence-electron chi connectivity index (χ0n) is 16.7. The summed E-state index contributed by atoms with van der Waals surface area (Å²) < 4.78 is 26.4. The Morgan fingerprint density at radius 3 is 2.44 bits per heavy atom. The number of hydrogen-bond acceptors (Lipinski definition) is 7. The van der Waals surface area contributed by atoms with Crippen molar-refractivity contribution in [2.45, 2.75) is 0 Å². The van der Waals surface area contributed by atoms with Crippen LogP contribution in [0.15, 0.2) is 52.6 Å². The van der Waals surface area contributed by atoms with Gasteiger partial charge in [0.25, 0.3) is 5.56 Å². The minimum absolute atomic E-state index is 0.145. The average molecular weight is 510 g/mol. The Kier molecular flexibility index (Phi) is 6.50. The number of thiophene rings is 1. The molecule has 1 aromatic carbocycles. The van der Waals surface area contributed by atoms with E-state index in [9.17, 15) is 13.2 Å². The van der Waals surface area contributed by atoms with E-state index >= 15 is 0 Å². The first-order valence-corrected chi connectivity index (χ1v) is 12.9. The Balaban J connectivity index is 1.91. The van der Waals surface area contributed by atoms with Crippen LogP contribution in [-0.2, 0) is 10.0 Å². The molecular weight excluding hydrogens is 493 g/mol. The number of rotatable bonds is 7. The molecule has 166 valence electrons. The maximum atomic E-state index is 12.9. The predicted molar refractivity (Wildman–Crippen MR) is 130 cm³/mol. The Bertz CT molecular complexity index is 1430. The van der Waals surface area contributed by atoms with E-state index in [0.717, 1.165) is 11.1 Å². The van der Waals surface area contributed by atoms with Gasteiger partial charge in [0.05, 0.1) is 32.6 Å². The molecule has 0 radical (unpaired) electrons. The molecule has 32 heavy (non-hydrogen) atoms. The van der Waals surface area contributed by atoms with Crippen LogP contribution in [0.3, 0.4) is 0 Å².